The molecule has 0 aliphatic carbocycles. The van der Waals surface area contributed by atoms with Crippen LogP contribution >= 0.6 is 0 Å². The summed E-state index contributed by atoms with van der Waals surface area (Å²) in [5.41, 5.74) is -0.428. The van der Waals surface area contributed by atoms with Gasteiger partial charge in [-0.3, -0.25) is 14.9 Å². The average molecular weight is 144 g/mol. The summed E-state index contributed by atoms with van der Waals surface area (Å²) >= 11 is 0. The third kappa shape index (κ3) is 2.25. The molecule has 0 aliphatic heterocycles. The van der Waals surface area contributed by atoms with Gasteiger partial charge in [-0.2, -0.15) is 0 Å². The lowest BCUT2D eigenvalue weighted by molar-refractivity contribution is -0.419. The van der Waals surface area contributed by atoms with Crippen molar-refractivity contribution in [1.29, 1.82) is 0 Å². The Bertz CT molecular complexity index is 169. The van der Waals surface area contributed by atoms with Gasteiger partial charge in [-0.05, 0) is 0 Å². The predicted molar refractivity (Wildman–Crippen MR) is 34.8 cm³/mol. The van der Waals surface area contributed by atoms with Crippen LogP contribution in [0.2, 0.25) is 0 Å². The molecule has 56 valence electrons. The highest BCUT2D eigenvalue weighted by atomic mass is 16.6. The molecule has 0 atom stereocenters. The van der Waals surface area contributed by atoms with E-state index in [4.69, 9.17) is 0 Å². The van der Waals surface area contributed by atoms with Gasteiger partial charge >= 0.3 is 5.70 Å². The Morgan fingerprint density at radius 2 is 2.20 bits per heavy atom. The van der Waals surface area contributed by atoms with Crippen LogP contribution in [0.1, 0.15) is 6.92 Å². The lowest BCUT2D eigenvalue weighted by Gasteiger charge is -1.90. The lowest BCUT2D eigenvalue weighted by Crippen LogP contribution is -2.11. The number of ketones is 1. The number of nitrogens with zero attached hydrogens (tertiary/aromatic N) is 1. The first-order valence-corrected chi connectivity index (χ1v) is 2.62. The molecule has 0 fully saturated rings. The molecule has 0 amide bonds. The summed E-state index contributed by atoms with van der Waals surface area (Å²) in [4.78, 5) is 19.7. The van der Waals surface area contributed by atoms with E-state index in [1.54, 1.807) is 0 Å². The molecule has 0 heterocycles. The molecule has 0 rings (SSSR count). The summed E-state index contributed by atoms with van der Waals surface area (Å²) < 4.78 is 0. The normalized spacial score (nSPS) is 10.8. The Balaban J connectivity index is 4.42. The largest absolute Gasteiger partial charge is 0.388 e. The number of carbonyl (C=O) groups excluding carboxylic acids is 1. The van der Waals surface area contributed by atoms with E-state index in [0.717, 1.165) is 13.1 Å². The standard InChI is InChI=1S/C5H8N2O3/c1-4(8)5(3-6-2)7(9)10/h3,6H,1-2H3. The van der Waals surface area contributed by atoms with E-state index in [1.807, 2.05) is 0 Å². The van der Waals surface area contributed by atoms with Crippen molar-refractivity contribution in [3.05, 3.63) is 22.0 Å². The minimum Gasteiger partial charge on any atom is -0.388 e. The van der Waals surface area contributed by atoms with E-state index in [0.29, 0.717) is 0 Å². The quantitative estimate of drug-likeness (QED) is 0.341. The van der Waals surface area contributed by atoms with Crippen molar-refractivity contribution in [2.75, 3.05) is 7.05 Å². The Morgan fingerprint density at radius 1 is 1.70 bits per heavy atom. The van der Waals surface area contributed by atoms with Gasteiger partial charge in [-0.15, -0.1) is 0 Å². The van der Waals surface area contributed by atoms with Gasteiger partial charge in [0, 0.05) is 14.0 Å². The molecule has 0 spiro atoms. The molecule has 5 nitrogen and oxygen atoms in total. The fraction of sp³-hybridized carbons (Fsp3) is 0.400. The van der Waals surface area contributed by atoms with Crippen molar-refractivity contribution in [3.8, 4) is 0 Å². The van der Waals surface area contributed by atoms with Crippen LogP contribution < -0.4 is 5.32 Å². The molecule has 5 heteroatoms. The highest BCUT2D eigenvalue weighted by Crippen LogP contribution is 1.93. The molecule has 1 N–H and O–H groups in total. The summed E-state index contributed by atoms with van der Waals surface area (Å²) in [5.74, 6) is -0.556. The summed E-state index contributed by atoms with van der Waals surface area (Å²) in [5, 5.41) is 12.4. The van der Waals surface area contributed by atoms with Gasteiger partial charge in [-0.1, -0.05) is 0 Å². The molecular weight excluding hydrogens is 136 g/mol. The number of carbonyl (C=O) groups is 1. The second-order valence-electron chi connectivity index (χ2n) is 1.63. The Labute approximate surface area is 57.9 Å². The minimum absolute atomic E-state index is 0.428. The fourth-order valence-corrected chi connectivity index (χ4v) is 0.420. The molecule has 0 aliphatic rings. The summed E-state index contributed by atoms with van der Waals surface area (Å²) in [7, 11) is 1.49. The van der Waals surface area contributed by atoms with Crippen molar-refractivity contribution in [2.45, 2.75) is 6.92 Å². The molecule has 0 unspecified atom stereocenters. The summed E-state index contributed by atoms with van der Waals surface area (Å²) in [6, 6.07) is 0. The Hall–Kier alpha value is -1.39. The van der Waals surface area contributed by atoms with Crippen LogP contribution in [0.15, 0.2) is 11.9 Å². The smallest absolute Gasteiger partial charge is 0.327 e. The Kier molecular flexibility index (Phi) is 3.10. The van der Waals surface area contributed by atoms with E-state index in [9.17, 15) is 14.9 Å². The number of hydrogen-bond donors (Lipinski definition) is 1. The second-order valence-corrected chi connectivity index (χ2v) is 1.63. The van der Waals surface area contributed by atoms with Crippen LogP contribution in [0.4, 0.5) is 0 Å². The first-order chi connectivity index (χ1) is 4.59. The fourth-order valence-electron chi connectivity index (χ4n) is 0.420. The van der Waals surface area contributed by atoms with E-state index in [-0.39, 0.29) is 0 Å². The Morgan fingerprint density at radius 3 is 2.30 bits per heavy atom. The molecule has 0 saturated carbocycles. The van der Waals surface area contributed by atoms with E-state index in [1.165, 1.54) is 7.05 Å². The second kappa shape index (κ2) is 3.60. The monoisotopic (exact) mass is 144 g/mol. The number of allylic oxidation sites excluding steroid dienone is 1. The third-order valence-electron chi connectivity index (χ3n) is 0.838. The van der Waals surface area contributed by atoms with Gasteiger partial charge < -0.3 is 5.32 Å². The van der Waals surface area contributed by atoms with Crippen molar-refractivity contribution in [1.82, 2.24) is 5.32 Å². The minimum atomic E-state index is -0.723. The highest BCUT2D eigenvalue weighted by Gasteiger charge is 2.15. The van der Waals surface area contributed by atoms with E-state index < -0.39 is 16.4 Å². The molecular formula is C5H8N2O3. The van der Waals surface area contributed by atoms with Crippen LogP contribution in [-0.2, 0) is 4.79 Å². The zero-order chi connectivity index (χ0) is 8.15. The number of Topliss-reactive ketones (excluding diaryl/α,β-unsaturated/α-hetero) is 1. The number of rotatable bonds is 3. The number of nitrogens with one attached hydrogen (secondary N) is 1. The van der Waals surface area contributed by atoms with Crippen LogP contribution in [0, 0.1) is 10.1 Å². The zero-order valence-corrected chi connectivity index (χ0v) is 5.75. The maximum Gasteiger partial charge on any atom is 0.327 e. The highest BCUT2D eigenvalue weighted by molar-refractivity contribution is 5.90. The lowest BCUT2D eigenvalue weighted by atomic mass is 10.3. The van der Waals surface area contributed by atoms with Crippen LogP contribution in [0.3, 0.4) is 0 Å². The first kappa shape index (κ1) is 8.61. The van der Waals surface area contributed by atoms with Crippen LogP contribution in [0.25, 0.3) is 0 Å². The van der Waals surface area contributed by atoms with Crippen molar-refractivity contribution in [2.24, 2.45) is 0 Å². The van der Waals surface area contributed by atoms with Crippen LogP contribution in [0.5, 0.6) is 0 Å². The van der Waals surface area contributed by atoms with Crippen molar-refractivity contribution < 1.29 is 9.72 Å². The predicted octanol–water partition coefficient (Wildman–Crippen LogP) is -0.0871. The first-order valence-electron chi connectivity index (χ1n) is 2.62. The third-order valence-corrected chi connectivity index (χ3v) is 0.838. The van der Waals surface area contributed by atoms with Gasteiger partial charge in [0.2, 0.25) is 5.78 Å². The summed E-state index contributed by atoms with van der Waals surface area (Å²) in [6.45, 7) is 1.14. The maximum atomic E-state index is 10.4. The zero-order valence-electron chi connectivity index (χ0n) is 5.75. The van der Waals surface area contributed by atoms with E-state index >= 15 is 0 Å². The molecule has 0 bridgehead atoms. The summed E-state index contributed by atoms with van der Waals surface area (Å²) in [6.07, 6.45) is 1.06. The maximum absolute atomic E-state index is 10.4. The van der Waals surface area contributed by atoms with Gasteiger partial charge in [0.15, 0.2) is 0 Å². The SMILES string of the molecule is CNC=C(C(C)=O)[N+](=O)[O-]. The molecule has 0 aromatic rings. The van der Waals surface area contributed by atoms with Gasteiger partial charge in [0.25, 0.3) is 0 Å². The molecule has 10 heavy (non-hydrogen) atoms. The molecule has 0 radical (unpaired) electrons. The number of nitro groups is 1. The van der Waals surface area contributed by atoms with Crippen LogP contribution in [-0.4, -0.2) is 17.8 Å². The van der Waals surface area contributed by atoms with Gasteiger partial charge in [0.05, 0.1) is 11.1 Å². The van der Waals surface area contributed by atoms with Gasteiger partial charge in [-0.25, -0.2) is 0 Å². The van der Waals surface area contributed by atoms with Gasteiger partial charge in [0.1, 0.15) is 0 Å². The molecule has 0 aromatic carbocycles. The van der Waals surface area contributed by atoms with E-state index in [2.05, 4.69) is 5.32 Å². The molecule has 0 aromatic heterocycles. The van der Waals surface area contributed by atoms with Crippen molar-refractivity contribution >= 4 is 5.78 Å². The topological polar surface area (TPSA) is 72.2 Å². The van der Waals surface area contributed by atoms with Crippen molar-refractivity contribution in [3.63, 3.8) is 0 Å². The average Bonchev–Trinajstić information content (AvgIpc) is 1.81. The molecule has 0 saturated heterocycles. The number of hydrogen-bond acceptors (Lipinski definition) is 4.